The van der Waals surface area contributed by atoms with Crippen LogP contribution < -0.4 is 10.2 Å². The maximum absolute atomic E-state index is 12.1. The molecule has 6 heteroatoms. The van der Waals surface area contributed by atoms with Crippen LogP contribution in [-0.2, 0) is 11.3 Å². The number of nitrogens with zero attached hydrogens (tertiary/aromatic N) is 2. The van der Waals surface area contributed by atoms with E-state index < -0.39 is 0 Å². The average Bonchev–Trinajstić information content (AvgIpc) is 2.87. The molecular formula is C18H25N3O2S. The first-order valence-corrected chi connectivity index (χ1v) is 9.00. The van der Waals surface area contributed by atoms with Crippen LogP contribution >= 0.6 is 11.3 Å². The summed E-state index contributed by atoms with van der Waals surface area (Å²) in [5, 5.41) is 4.86. The number of carbonyl (C=O) groups is 1. The van der Waals surface area contributed by atoms with Crippen LogP contribution in [0.4, 0.5) is 0 Å². The van der Waals surface area contributed by atoms with Crippen molar-refractivity contribution in [2.24, 2.45) is 0 Å². The third-order valence-electron chi connectivity index (χ3n) is 4.06. The maximum Gasteiger partial charge on any atom is 0.307 e. The Morgan fingerprint density at radius 1 is 1.29 bits per heavy atom. The van der Waals surface area contributed by atoms with E-state index in [1.165, 1.54) is 16.9 Å². The molecule has 1 aromatic heterocycles. The van der Waals surface area contributed by atoms with Gasteiger partial charge in [-0.15, -0.1) is 0 Å². The van der Waals surface area contributed by atoms with Gasteiger partial charge < -0.3 is 14.8 Å². The van der Waals surface area contributed by atoms with Crippen LogP contribution in [0.15, 0.2) is 40.5 Å². The molecule has 0 aliphatic carbocycles. The number of rotatable bonds is 8. The largest absolute Gasteiger partial charge is 0.354 e. The number of likely N-dealkylation sites (N-methyl/N-ethyl adjacent to an activating group) is 1. The first-order valence-electron chi connectivity index (χ1n) is 8.12. The molecule has 0 saturated carbocycles. The van der Waals surface area contributed by atoms with Crippen LogP contribution in [0.1, 0.15) is 30.1 Å². The van der Waals surface area contributed by atoms with Gasteiger partial charge in [-0.05, 0) is 33.0 Å². The topological polar surface area (TPSA) is 54.3 Å². The van der Waals surface area contributed by atoms with E-state index in [0.717, 1.165) is 5.69 Å². The van der Waals surface area contributed by atoms with Crippen molar-refractivity contribution in [1.82, 2.24) is 14.8 Å². The van der Waals surface area contributed by atoms with Gasteiger partial charge in [0.2, 0.25) is 5.91 Å². The lowest BCUT2D eigenvalue weighted by molar-refractivity contribution is -0.121. The standard InChI is InChI=1S/C18H25N3O2S/c1-14-13-24-18(23)21(14)11-7-10-17(22)19-12-16(20(2)3)15-8-5-4-6-9-15/h4-6,8-9,13,16H,7,10-12H2,1-3H3,(H,19,22). The number of hydrogen-bond acceptors (Lipinski definition) is 4. The number of aromatic nitrogens is 1. The zero-order valence-corrected chi connectivity index (χ0v) is 15.3. The molecule has 1 amide bonds. The number of nitrogens with one attached hydrogen (secondary N) is 1. The minimum atomic E-state index is 0.0266. The number of amides is 1. The van der Waals surface area contributed by atoms with Crippen molar-refractivity contribution >= 4 is 17.2 Å². The van der Waals surface area contributed by atoms with Crippen molar-refractivity contribution < 1.29 is 4.79 Å². The fourth-order valence-electron chi connectivity index (χ4n) is 2.64. The van der Waals surface area contributed by atoms with Crippen molar-refractivity contribution in [3.05, 3.63) is 56.6 Å². The fraction of sp³-hybridized carbons (Fsp3) is 0.444. The Morgan fingerprint density at radius 2 is 2.00 bits per heavy atom. The highest BCUT2D eigenvalue weighted by Gasteiger charge is 2.14. The van der Waals surface area contributed by atoms with Gasteiger partial charge in [0.15, 0.2) is 0 Å². The van der Waals surface area contributed by atoms with Crippen molar-refractivity contribution in [2.75, 3.05) is 20.6 Å². The second kappa shape index (κ2) is 8.80. The van der Waals surface area contributed by atoms with E-state index in [9.17, 15) is 9.59 Å². The summed E-state index contributed by atoms with van der Waals surface area (Å²) in [5.41, 5.74) is 2.14. The Balaban J connectivity index is 1.80. The van der Waals surface area contributed by atoms with Crippen LogP contribution in [-0.4, -0.2) is 36.0 Å². The van der Waals surface area contributed by atoms with Crippen LogP contribution in [0.5, 0.6) is 0 Å². The van der Waals surface area contributed by atoms with Crippen LogP contribution in [0.3, 0.4) is 0 Å². The SMILES string of the molecule is Cc1csc(=O)n1CCCC(=O)NCC(c1ccccc1)N(C)C. The zero-order chi connectivity index (χ0) is 17.5. The van der Waals surface area contributed by atoms with Gasteiger partial charge in [0.05, 0.1) is 6.04 Å². The molecule has 1 N–H and O–H groups in total. The predicted octanol–water partition coefficient (Wildman–Crippen LogP) is 2.42. The normalized spacial score (nSPS) is 12.3. The molecule has 1 aromatic carbocycles. The average molecular weight is 347 g/mol. The highest BCUT2D eigenvalue weighted by molar-refractivity contribution is 7.07. The molecule has 0 saturated heterocycles. The molecule has 24 heavy (non-hydrogen) atoms. The Morgan fingerprint density at radius 3 is 2.58 bits per heavy atom. The number of benzene rings is 1. The second-order valence-electron chi connectivity index (χ2n) is 6.09. The quantitative estimate of drug-likeness (QED) is 0.798. The smallest absolute Gasteiger partial charge is 0.307 e. The zero-order valence-electron chi connectivity index (χ0n) is 14.5. The van der Waals surface area contributed by atoms with Crippen LogP contribution in [0, 0.1) is 6.92 Å². The van der Waals surface area contributed by atoms with Gasteiger partial charge in [-0.1, -0.05) is 41.7 Å². The third kappa shape index (κ3) is 5.04. The minimum absolute atomic E-state index is 0.0266. The summed E-state index contributed by atoms with van der Waals surface area (Å²) < 4.78 is 1.73. The molecule has 5 nitrogen and oxygen atoms in total. The molecule has 0 aliphatic rings. The molecule has 0 aliphatic heterocycles. The number of hydrogen-bond donors (Lipinski definition) is 1. The van der Waals surface area contributed by atoms with Crippen LogP contribution in [0.25, 0.3) is 0 Å². The van der Waals surface area contributed by atoms with E-state index in [4.69, 9.17) is 0 Å². The Labute approximate surface area is 146 Å². The molecule has 130 valence electrons. The van der Waals surface area contributed by atoms with Gasteiger partial charge in [0.1, 0.15) is 0 Å². The second-order valence-corrected chi connectivity index (χ2v) is 6.91. The van der Waals surface area contributed by atoms with E-state index in [0.29, 0.717) is 25.9 Å². The Kier molecular flexibility index (Phi) is 6.75. The van der Waals surface area contributed by atoms with Crippen LogP contribution in [0.2, 0.25) is 0 Å². The molecule has 0 bridgehead atoms. The molecule has 1 unspecified atom stereocenters. The summed E-state index contributed by atoms with van der Waals surface area (Å²) in [4.78, 5) is 25.9. The highest BCUT2D eigenvalue weighted by Crippen LogP contribution is 2.16. The molecule has 2 aromatic rings. The summed E-state index contributed by atoms with van der Waals surface area (Å²) in [7, 11) is 4.02. The first kappa shape index (κ1) is 18.4. The first-order chi connectivity index (χ1) is 11.5. The lowest BCUT2D eigenvalue weighted by Gasteiger charge is -2.25. The van der Waals surface area contributed by atoms with E-state index in [2.05, 4.69) is 22.3 Å². The maximum atomic E-state index is 12.1. The van der Waals surface area contributed by atoms with Crippen molar-refractivity contribution in [3.63, 3.8) is 0 Å². The summed E-state index contributed by atoms with van der Waals surface area (Å²) in [5.74, 6) is 0.0266. The van der Waals surface area contributed by atoms with Crippen molar-refractivity contribution in [2.45, 2.75) is 32.4 Å². The van der Waals surface area contributed by atoms with Gasteiger partial charge in [-0.25, -0.2) is 0 Å². The molecule has 1 heterocycles. The minimum Gasteiger partial charge on any atom is -0.354 e. The number of thiazole rings is 1. The number of carbonyl (C=O) groups excluding carboxylic acids is 1. The van der Waals surface area contributed by atoms with Crippen molar-refractivity contribution in [1.29, 1.82) is 0 Å². The van der Waals surface area contributed by atoms with Gasteiger partial charge in [-0.3, -0.25) is 9.59 Å². The van der Waals surface area contributed by atoms with E-state index >= 15 is 0 Å². The summed E-state index contributed by atoms with van der Waals surface area (Å²) in [6, 6.07) is 10.3. The Hall–Kier alpha value is -1.92. The molecule has 0 fully saturated rings. The van der Waals surface area contributed by atoms with E-state index in [1.807, 2.05) is 44.6 Å². The predicted molar refractivity (Wildman–Crippen MR) is 98.4 cm³/mol. The molecule has 1 atom stereocenters. The van der Waals surface area contributed by atoms with E-state index in [-0.39, 0.29) is 16.8 Å². The molecule has 2 rings (SSSR count). The molecule has 0 radical (unpaired) electrons. The fourth-order valence-corrected chi connectivity index (χ4v) is 3.41. The number of aryl methyl sites for hydroxylation is 1. The highest BCUT2D eigenvalue weighted by atomic mass is 32.1. The lowest BCUT2D eigenvalue weighted by Crippen LogP contribution is -2.34. The lowest BCUT2D eigenvalue weighted by atomic mass is 10.1. The molecule has 0 spiro atoms. The summed E-state index contributed by atoms with van der Waals surface area (Å²) in [6.45, 7) is 3.09. The monoisotopic (exact) mass is 347 g/mol. The van der Waals surface area contributed by atoms with Crippen molar-refractivity contribution in [3.8, 4) is 0 Å². The van der Waals surface area contributed by atoms with Gasteiger partial charge >= 0.3 is 4.87 Å². The van der Waals surface area contributed by atoms with Gasteiger partial charge in [-0.2, -0.15) is 0 Å². The van der Waals surface area contributed by atoms with Gasteiger partial charge in [0, 0.05) is 30.6 Å². The van der Waals surface area contributed by atoms with Gasteiger partial charge in [0.25, 0.3) is 0 Å². The summed E-state index contributed by atoms with van der Waals surface area (Å²) in [6.07, 6.45) is 1.10. The van der Waals surface area contributed by atoms with E-state index in [1.54, 1.807) is 4.57 Å². The third-order valence-corrected chi connectivity index (χ3v) is 4.94. The molecular weight excluding hydrogens is 322 g/mol. The Bertz CT molecular complexity index is 707. The summed E-state index contributed by atoms with van der Waals surface area (Å²) >= 11 is 1.21.